The molecular formula is C21H23N3O6S. The summed E-state index contributed by atoms with van der Waals surface area (Å²) in [5.41, 5.74) is 1.76. The average molecular weight is 445 g/mol. The van der Waals surface area contributed by atoms with Crippen LogP contribution < -0.4 is 15.4 Å². The minimum atomic E-state index is -4.00. The third-order valence-electron chi connectivity index (χ3n) is 4.84. The number of rotatable bonds is 6. The zero-order valence-electron chi connectivity index (χ0n) is 17.6. The van der Waals surface area contributed by atoms with E-state index in [9.17, 15) is 22.8 Å². The first-order valence-electron chi connectivity index (χ1n) is 9.48. The zero-order chi connectivity index (χ0) is 22.9. The lowest BCUT2D eigenvalue weighted by Gasteiger charge is -2.25. The summed E-state index contributed by atoms with van der Waals surface area (Å²) in [6.07, 6.45) is -0.747. The van der Waals surface area contributed by atoms with Crippen molar-refractivity contribution >= 4 is 39.0 Å². The van der Waals surface area contributed by atoms with Crippen LogP contribution in [0.3, 0.4) is 0 Å². The van der Waals surface area contributed by atoms with Gasteiger partial charge >= 0.3 is 0 Å². The molecule has 0 bridgehead atoms. The average Bonchev–Trinajstić information content (AvgIpc) is 2.69. The number of nitrogens with zero attached hydrogens (tertiary/aromatic N) is 1. The number of aryl methyl sites for hydroxylation is 1. The molecule has 31 heavy (non-hydrogen) atoms. The Morgan fingerprint density at radius 3 is 2.45 bits per heavy atom. The molecule has 10 heteroatoms. The molecule has 0 aromatic heterocycles. The molecule has 0 radical (unpaired) electrons. The summed E-state index contributed by atoms with van der Waals surface area (Å²) in [4.78, 5) is 35.4. The number of fused-ring (bicyclic) bond motifs is 1. The largest absolute Gasteiger partial charge is 0.479 e. The summed E-state index contributed by atoms with van der Waals surface area (Å²) in [6.45, 7) is 4.19. The van der Waals surface area contributed by atoms with Crippen molar-refractivity contribution in [3.63, 3.8) is 0 Å². The van der Waals surface area contributed by atoms with Gasteiger partial charge in [0.25, 0.3) is 5.91 Å². The fourth-order valence-electron chi connectivity index (χ4n) is 3.06. The third kappa shape index (κ3) is 4.75. The number of amides is 2. The number of hydrogen-bond donors (Lipinski definition) is 2. The molecule has 164 valence electrons. The Bertz CT molecular complexity index is 1160. The maximum absolute atomic E-state index is 13.1. The van der Waals surface area contributed by atoms with Crippen molar-refractivity contribution in [1.82, 2.24) is 4.31 Å². The highest BCUT2D eigenvalue weighted by molar-refractivity contribution is 7.89. The number of likely N-dealkylation sites (N-methyl/N-ethyl adjacent to an activating group) is 1. The van der Waals surface area contributed by atoms with Gasteiger partial charge in [-0.3, -0.25) is 14.4 Å². The van der Waals surface area contributed by atoms with E-state index in [1.165, 1.54) is 26.1 Å². The van der Waals surface area contributed by atoms with Crippen molar-refractivity contribution in [3.05, 3.63) is 47.5 Å². The summed E-state index contributed by atoms with van der Waals surface area (Å²) in [6, 6.07) is 9.18. The van der Waals surface area contributed by atoms with Gasteiger partial charge in [-0.2, -0.15) is 4.31 Å². The Morgan fingerprint density at radius 1 is 1.19 bits per heavy atom. The molecule has 0 spiro atoms. The lowest BCUT2D eigenvalue weighted by Crippen LogP contribution is -2.36. The minimum absolute atomic E-state index is 0.0179. The van der Waals surface area contributed by atoms with Crippen LogP contribution >= 0.6 is 0 Å². The predicted molar refractivity (Wildman–Crippen MR) is 115 cm³/mol. The van der Waals surface area contributed by atoms with Crippen LogP contribution in [0.25, 0.3) is 0 Å². The Kier molecular flexibility index (Phi) is 6.14. The first kappa shape index (κ1) is 22.4. The van der Waals surface area contributed by atoms with Crippen LogP contribution in [0.4, 0.5) is 11.4 Å². The molecule has 2 amide bonds. The van der Waals surface area contributed by atoms with E-state index in [0.717, 1.165) is 4.31 Å². The molecule has 0 unspecified atom stereocenters. The maximum atomic E-state index is 13.1. The number of Topliss-reactive ketones (excluding diaryl/α,β-unsaturated/α-hetero) is 1. The van der Waals surface area contributed by atoms with Gasteiger partial charge in [0.15, 0.2) is 11.9 Å². The van der Waals surface area contributed by atoms with Gasteiger partial charge in [-0.25, -0.2) is 8.42 Å². The molecule has 2 aromatic carbocycles. The number of anilines is 2. The molecule has 0 fully saturated rings. The van der Waals surface area contributed by atoms with Crippen LogP contribution in [0.2, 0.25) is 0 Å². The molecular weight excluding hydrogens is 422 g/mol. The molecule has 2 aromatic rings. The number of nitrogens with one attached hydrogen (secondary N) is 2. The van der Waals surface area contributed by atoms with Crippen molar-refractivity contribution in [2.24, 2.45) is 0 Å². The molecule has 2 N–H and O–H groups in total. The standard InChI is InChI=1S/C21H23N3O6S/c1-12-9-17-18(30-14(3)21(27)23-17)10-19(12)31(28,29)24(4)11-20(26)22-16-7-5-15(6-8-16)13(2)25/h5-10,14H,11H2,1-4H3,(H,22,26)(H,23,27)/t14-/m1/s1. The third-order valence-corrected chi connectivity index (χ3v) is 6.78. The number of carbonyl (C=O) groups excluding carboxylic acids is 3. The van der Waals surface area contributed by atoms with Gasteiger partial charge in [-0.1, -0.05) is 0 Å². The van der Waals surface area contributed by atoms with Gasteiger partial charge < -0.3 is 15.4 Å². The Hall–Kier alpha value is -3.24. The van der Waals surface area contributed by atoms with Gasteiger partial charge in [0.1, 0.15) is 5.75 Å². The smallest absolute Gasteiger partial charge is 0.265 e. The van der Waals surface area contributed by atoms with E-state index in [-0.39, 0.29) is 22.3 Å². The molecule has 1 aliphatic heterocycles. The number of benzene rings is 2. The summed E-state index contributed by atoms with van der Waals surface area (Å²) in [5.74, 6) is -0.691. The molecule has 1 atom stereocenters. The second-order valence-electron chi connectivity index (χ2n) is 7.31. The summed E-state index contributed by atoms with van der Waals surface area (Å²) >= 11 is 0. The lowest BCUT2D eigenvalue weighted by atomic mass is 10.1. The summed E-state index contributed by atoms with van der Waals surface area (Å²) in [7, 11) is -2.70. The summed E-state index contributed by atoms with van der Waals surface area (Å²) < 4.78 is 32.6. The van der Waals surface area contributed by atoms with Crippen molar-refractivity contribution in [2.75, 3.05) is 24.2 Å². The van der Waals surface area contributed by atoms with Crippen LogP contribution in [0.5, 0.6) is 5.75 Å². The number of sulfonamides is 1. The van der Waals surface area contributed by atoms with Gasteiger partial charge in [0.2, 0.25) is 15.9 Å². The molecule has 0 saturated heterocycles. The second kappa shape index (κ2) is 8.48. The number of ether oxygens (including phenoxy) is 1. The van der Waals surface area contributed by atoms with Crippen LogP contribution in [-0.4, -0.2) is 50.0 Å². The monoisotopic (exact) mass is 445 g/mol. The quantitative estimate of drug-likeness (QED) is 0.657. The normalized spacial score (nSPS) is 15.6. The van der Waals surface area contributed by atoms with E-state index in [4.69, 9.17) is 4.74 Å². The van der Waals surface area contributed by atoms with E-state index in [2.05, 4.69) is 10.6 Å². The molecule has 9 nitrogen and oxygen atoms in total. The highest BCUT2D eigenvalue weighted by Crippen LogP contribution is 2.35. The van der Waals surface area contributed by atoms with Crippen LogP contribution in [0.15, 0.2) is 41.3 Å². The van der Waals surface area contributed by atoms with E-state index in [1.54, 1.807) is 38.1 Å². The molecule has 0 saturated carbocycles. The van der Waals surface area contributed by atoms with E-state index >= 15 is 0 Å². The van der Waals surface area contributed by atoms with Gasteiger partial charge in [0, 0.05) is 24.4 Å². The summed E-state index contributed by atoms with van der Waals surface area (Å²) in [5, 5.41) is 5.28. The van der Waals surface area contributed by atoms with Crippen molar-refractivity contribution < 1.29 is 27.5 Å². The molecule has 0 aliphatic carbocycles. The highest BCUT2D eigenvalue weighted by Gasteiger charge is 2.30. The second-order valence-corrected chi connectivity index (χ2v) is 9.32. The topological polar surface area (TPSA) is 122 Å². The van der Waals surface area contributed by atoms with Crippen molar-refractivity contribution in [3.8, 4) is 5.75 Å². The number of carbonyl (C=O) groups is 3. The molecule has 1 heterocycles. The van der Waals surface area contributed by atoms with E-state index in [0.29, 0.717) is 22.5 Å². The van der Waals surface area contributed by atoms with Crippen LogP contribution in [0, 0.1) is 6.92 Å². The molecule has 3 rings (SSSR count). The first-order valence-corrected chi connectivity index (χ1v) is 10.9. The SMILES string of the molecule is CC(=O)c1ccc(NC(=O)CN(C)S(=O)(=O)c2cc3c(cc2C)NC(=O)[C@@H](C)O3)cc1. The fourth-order valence-corrected chi connectivity index (χ4v) is 4.41. The van der Waals surface area contributed by atoms with Gasteiger partial charge in [-0.05, 0) is 56.7 Å². The van der Waals surface area contributed by atoms with Gasteiger partial charge in [0.05, 0.1) is 17.1 Å². The highest BCUT2D eigenvalue weighted by atomic mass is 32.2. The predicted octanol–water partition coefficient (Wildman–Crippen LogP) is 2.18. The van der Waals surface area contributed by atoms with E-state index in [1.807, 2.05) is 0 Å². The number of ketones is 1. The van der Waals surface area contributed by atoms with Crippen LogP contribution in [-0.2, 0) is 19.6 Å². The maximum Gasteiger partial charge on any atom is 0.265 e. The lowest BCUT2D eigenvalue weighted by molar-refractivity contribution is -0.122. The van der Waals surface area contributed by atoms with Crippen LogP contribution in [0.1, 0.15) is 29.8 Å². The zero-order valence-corrected chi connectivity index (χ0v) is 18.4. The van der Waals surface area contributed by atoms with Gasteiger partial charge in [-0.15, -0.1) is 0 Å². The Balaban J connectivity index is 1.76. The van der Waals surface area contributed by atoms with Crippen molar-refractivity contribution in [2.45, 2.75) is 31.8 Å². The fraction of sp³-hybridized carbons (Fsp3) is 0.286. The van der Waals surface area contributed by atoms with E-state index < -0.39 is 28.6 Å². The Morgan fingerprint density at radius 2 is 1.84 bits per heavy atom. The molecule has 1 aliphatic rings. The minimum Gasteiger partial charge on any atom is -0.479 e. The first-order chi connectivity index (χ1) is 14.5. The number of hydrogen-bond acceptors (Lipinski definition) is 6. The van der Waals surface area contributed by atoms with Crippen molar-refractivity contribution in [1.29, 1.82) is 0 Å². The Labute approximate surface area is 180 Å².